The van der Waals surface area contributed by atoms with E-state index in [-0.39, 0.29) is 12.3 Å². The van der Waals surface area contributed by atoms with Crippen LogP contribution in [0.1, 0.15) is 35.0 Å². The van der Waals surface area contributed by atoms with Crippen LogP contribution in [-0.2, 0) is 24.8 Å². The van der Waals surface area contributed by atoms with Crippen LogP contribution in [0.15, 0.2) is 40.8 Å². The summed E-state index contributed by atoms with van der Waals surface area (Å²) < 4.78 is 9.33. The molecule has 0 spiro atoms. The minimum Gasteiger partial charge on any atom is -0.419 e. The molecule has 0 saturated carbocycles. The number of hydrogen-bond donors (Lipinski definition) is 1. The molecule has 0 aliphatic carbocycles. The topological polar surface area (TPSA) is 104 Å². The van der Waals surface area contributed by atoms with Crippen molar-refractivity contribution in [3.63, 3.8) is 0 Å². The molecule has 0 saturated heterocycles. The number of benzene rings is 1. The van der Waals surface area contributed by atoms with Gasteiger partial charge in [-0.3, -0.25) is 14.2 Å². The number of aryl methyl sites for hydroxylation is 5. The molecule has 9 heteroatoms. The Labute approximate surface area is 180 Å². The van der Waals surface area contributed by atoms with Gasteiger partial charge in [-0.25, -0.2) is 0 Å². The van der Waals surface area contributed by atoms with Crippen LogP contribution < -0.4 is 5.32 Å². The zero-order chi connectivity index (χ0) is 22.0. The lowest BCUT2D eigenvalue weighted by atomic mass is 10.2. The molecule has 9 nitrogen and oxygen atoms in total. The molecule has 0 radical (unpaired) electrons. The molecule has 0 unspecified atom stereocenters. The highest BCUT2D eigenvalue weighted by molar-refractivity contribution is 5.90. The Balaban J connectivity index is 1.34. The highest BCUT2D eigenvalue weighted by Crippen LogP contribution is 2.19. The first-order chi connectivity index (χ1) is 14.9. The van der Waals surface area contributed by atoms with E-state index in [2.05, 4.69) is 25.7 Å². The molecule has 0 atom stereocenters. The molecule has 0 aliphatic heterocycles. The molecule has 0 fully saturated rings. The van der Waals surface area contributed by atoms with Crippen molar-refractivity contribution < 1.29 is 9.21 Å². The molecule has 3 aromatic heterocycles. The summed E-state index contributed by atoms with van der Waals surface area (Å²) in [7, 11) is 1.82. The van der Waals surface area contributed by atoms with Crippen LogP contribution in [-0.4, -0.2) is 35.7 Å². The van der Waals surface area contributed by atoms with E-state index in [1.807, 2.05) is 68.9 Å². The van der Waals surface area contributed by atoms with Crippen LogP contribution in [0.3, 0.4) is 0 Å². The van der Waals surface area contributed by atoms with Gasteiger partial charge >= 0.3 is 0 Å². The second kappa shape index (κ2) is 8.55. The average Bonchev–Trinajstić information content (AvgIpc) is 3.39. The number of anilines is 1. The van der Waals surface area contributed by atoms with Crippen LogP contribution in [0.2, 0.25) is 0 Å². The zero-order valence-corrected chi connectivity index (χ0v) is 18.1. The maximum absolute atomic E-state index is 12.4. The van der Waals surface area contributed by atoms with Crippen LogP contribution in [0.25, 0.3) is 11.6 Å². The second-order valence-corrected chi connectivity index (χ2v) is 7.63. The summed E-state index contributed by atoms with van der Waals surface area (Å²) in [4.78, 5) is 12.4. The summed E-state index contributed by atoms with van der Waals surface area (Å²) in [5.74, 6) is 0.706. The quantitative estimate of drug-likeness (QED) is 0.493. The van der Waals surface area contributed by atoms with E-state index in [9.17, 15) is 4.79 Å². The molecular formula is C22H25N7O2. The smallest absolute Gasteiger partial charge is 0.265 e. The normalized spacial score (nSPS) is 11.1. The highest BCUT2D eigenvalue weighted by Gasteiger charge is 2.14. The van der Waals surface area contributed by atoms with Gasteiger partial charge in [-0.05, 0) is 50.6 Å². The maximum atomic E-state index is 12.4. The van der Waals surface area contributed by atoms with Crippen LogP contribution in [0, 0.1) is 20.8 Å². The average molecular weight is 419 g/mol. The molecule has 1 amide bonds. The van der Waals surface area contributed by atoms with Gasteiger partial charge in [0.1, 0.15) is 5.69 Å². The van der Waals surface area contributed by atoms with Gasteiger partial charge in [0.2, 0.25) is 11.8 Å². The zero-order valence-electron chi connectivity index (χ0n) is 18.1. The Kier molecular flexibility index (Phi) is 5.66. The molecule has 3 heterocycles. The molecule has 0 bridgehead atoms. The van der Waals surface area contributed by atoms with Gasteiger partial charge in [-0.1, -0.05) is 12.1 Å². The molecule has 0 aliphatic rings. The monoisotopic (exact) mass is 419 g/mol. The largest absolute Gasteiger partial charge is 0.419 e. The van der Waals surface area contributed by atoms with Crippen molar-refractivity contribution in [1.82, 2.24) is 29.8 Å². The van der Waals surface area contributed by atoms with E-state index in [0.717, 1.165) is 34.0 Å². The molecule has 160 valence electrons. The predicted molar refractivity (Wildman–Crippen MR) is 115 cm³/mol. The van der Waals surface area contributed by atoms with E-state index in [4.69, 9.17) is 4.42 Å². The number of nitrogens with zero attached hydrogens (tertiary/aromatic N) is 6. The SMILES string of the molecule is Cc1cc(-c2nnc(CCC(=O)Nc3cccc(Cn4nc(C)cc4C)c3)o2)n(C)n1. The Morgan fingerprint density at radius 2 is 1.87 bits per heavy atom. The molecule has 1 N–H and O–H groups in total. The number of hydrogen-bond acceptors (Lipinski definition) is 6. The van der Waals surface area contributed by atoms with E-state index in [0.29, 0.717) is 24.7 Å². The first kappa shape index (κ1) is 20.5. The second-order valence-electron chi connectivity index (χ2n) is 7.63. The fraction of sp³-hybridized carbons (Fsp3) is 0.318. The van der Waals surface area contributed by atoms with Gasteiger partial charge in [0.15, 0.2) is 0 Å². The van der Waals surface area contributed by atoms with Gasteiger partial charge in [-0.2, -0.15) is 10.2 Å². The first-order valence-electron chi connectivity index (χ1n) is 10.1. The van der Waals surface area contributed by atoms with Crippen molar-refractivity contribution in [3.8, 4) is 11.6 Å². The summed E-state index contributed by atoms with van der Waals surface area (Å²) in [5, 5.41) is 19.8. The number of amides is 1. The number of carbonyl (C=O) groups is 1. The van der Waals surface area contributed by atoms with E-state index >= 15 is 0 Å². The van der Waals surface area contributed by atoms with Crippen molar-refractivity contribution in [1.29, 1.82) is 0 Å². The van der Waals surface area contributed by atoms with E-state index in [1.165, 1.54) is 0 Å². The van der Waals surface area contributed by atoms with Gasteiger partial charge < -0.3 is 9.73 Å². The minimum absolute atomic E-state index is 0.112. The van der Waals surface area contributed by atoms with Gasteiger partial charge in [-0.15, -0.1) is 10.2 Å². The van der Waals surface area contributed by atoms with Gasteiger partial charge in [0.05, 0.1) is 17.9 Å². The summed E-state index contributed by atoms with van der Waals surface area (Å²) in [5.41, 5.74) is 5.53. The lowest BCUT2D eigenvalue weighted by Gasteiger charge is -2.08. The minimum atomic E-state index is -0.112. The molecule has 4 aromatic rings. The fourth-order valence-electron chi connectivity index (χ4n) is 3.47. The Hall–Kier alpha value is -3.75. The van der Waals surface area contributed by atoms with E-state index < -0.39 is 0 Å². The Bertz CT molecular complexity index is 1220. The van der Waals surface area contributed by atoms with E-state index in [1.54, 1.807) is 4.68 Å². The number of aromatic nitrogens is 6. The molecule has 31 heavy (non-hydrogen) atoms. The van der Waals surface area contributed by atoms with Gasteiger partial charge in [0.25, 0.3) is 5.89 Å². The maximum Gasteiger partial charge on any atom is 0.265 e. The summed E-state index contributed by atoms with van der Waals surface area (Å²) in [6, 6.07) is 11.7. The fourth-order valence-corrected chi connectivity index (χ4v) is 3.47. The number of carbonyl (C=O) groups excluding carboxylic acids is 1. The Morgan fingerprint density at radius 1 is 1.06 bits per heavy atom. The lowest BCUT2D eigenvalue weighted by Crippen LogP contribution is -2.13. The molecular weight excluding hydrogens is 394 g/mol. The number of nitrogens with one attached hydrogen (secondary N) is 1. The lowest BCUT2D eigenvalue weighted by molar-refractivity contribution is -0.116. The third kappa shape index (κ3) is 4.88. The first-order valence-corrected chi connectivity index (χ1v) is 10.1. The summed E-state index contributed by atoms with van der Waals surface area (Å²) >= 11 is 0. The van der Waals surface area contributed by atoms with Crippen molar-refractivity contribution >= 4 is 11.6 Å². The Morgan fingerprint density at radius 3 is 2.58 bits per heavy atom. The van der Waals surface area contributed by atoms with Crippen LogP contribution in [0.5, 0.6) is 0 Å². The third-order valence-corrected chi connectivity index (χ3v) is 4.90. The molecule has 4 rings (SSSR count). The van der Waals surface area contributed by atoms with Crippen molar-refractivity contribution in [3.05, 3.63) is 64.9 Å². The molecule has 1 aromatic carbocycles. The van der Waals surface area contributed by atoms with Gasteiger partial charge in [0, 0.05) is 31.3 Å². The third-order valence-electron chi connectivity index (χ3n) is 4.90. The summed E-state index contributed by atoms with van der Waals surface area (Å²) in [6.45, 7) is 6.56. The predicted octanol–water partition coefficient (Wildman–Crippen LogP) is 3.21. The van der Waals surface area contributed by atoms with Crippen molar-refractivity contribution in [2.45, 2.75) is 40.2 Å². The van der Waals surface area contributed by atoms with Crippen molar-refractivity contribution in [2.24, 2.45) is 7.05 Å². The highest BCUT2D eigenvalue weighted by atomic mass is 16.4. The van der Waals surface area contributed by atoms with Crippen LogP contribution >= 0.6 is 0 Å². The standard InChI is InChI=1S/C22H25N7O2/c1-14-10-16(3)29(27-14)13-17-6-5-7-18(12-17)23-20(30)8-9-21-24-25-22(31-21)19-11-15(2)26-28(19)4/h5-7,10-12H,8-9,13H2,1-4H3,(H,23,30). The van der Waals surface area contributed by atoms with Crippen molar-refractivity contribution in [2.75, 3.05) is 5.32 Å². The summed E-state index contributed by atoms with van der Waals surface area (Å²) in [6.07, 6.45) is 0.606. The van der Waals surface area contributed by atoms with Crippen LogP contribution in [0.4, 0.5) is 5.69 Å². The number of rotatable bonds is 7.